The Morgan fingerprint density at radius 3 is 2.85 bits per heavy atom. The summed E-state index contributed by atoms with van der Waals surface area (Å²) >= 11 is 0. The van der Waals surface area contributed by atoms with Crippen LogP contribution in [-0.4, -0.2) is 21.0 Å². The second-order valence-electron chi connectivity index (χ2n) is 6.53. The molecular weight excluding hydrogens is 332 g/mol. The molecule has 0 aliphatic carbocycles. The molecule has 1 atom stereocenters. The average molecular weight is 354 g/mol. The summed E-state index contributed by atoms with van der Waals surface area (Å²) in [5, 5.41) is 6.95. The predicted molar refractivity (Wildman–Crippen MR) is 94.9 cm³/mol. The van der Waals surface area contributed by atoms with E-state index in [-0.39, 0.29) is 18.4 Å². The molecule has 7 heteroatoms. The van der Waals surface area contributed by atoms with Crippen LogP contribution in [0.1, 0.15) is 44.2 Å². The van der Waals surface area contributed by atoms with Gasteiger partial charge in [0, 0.05) is 25.2 Å². The molecule has 0 saturated heterocycles. The molecule has 3 heterocycles. The van der Waals surface area contributed by atoms with Gasteiger partial charge in [-0.1, -0.05) is 25.1 Å². The van der Waals surface area contributed by atoms with Crippen LogP contribution in [0.15, 0.2) is 51.9 Å². The third-order valence-electron chi connectivity index (χ3n) is 3.90. The van der Waals surface area contributed by atoms with Crippen LogP contribution >= 0.6 is 0 Å². The maximum absolute atomic E-state index is 12.4. The first-order valence-electron chi connectivity index (χ1n) is 8.67. The monoisotopic (exact) mass is 354 g/mol. The Kier molecular flexibility index (Phi) is 5.78. The smallest absolute Gasteiger partial charge is 0.238 e. The lowest BCUT2D eigenvalue weighted by Gasteiger charge is -2.20. The number of furan rings is 1. The normalized spacial score (nSPS) is 12.3. The summed E-state index contributed by atoms with van der Waals surface area (Å²) in [6.07, 6.45) is 6.56. The van der Waals surface area contributed by atoms with E-state index in [1.165, 1.54) is 0 Å². The van der Waals surface area contributed by atoms with Crippen molar-refractivity contribution in [2.75, 3.05) is 0 Å². The molecule has 136 valence electrons. The van der Waals surface area contributed by atoms with E-state index in [1.54, 1.807) is 30.8 Å². The number of hydrogen-bond donors (Lipinski definition) is 1. The molecule has 0 aromatic carbocycles. The molecule has 3 aromatic rings. The van der Waals surface area contributed by atoms with Crippen molar-refractivity contribution in [3.05, 3.63) is 54.4 Å². The number of carbonyl (C=O) groups excluding carboxylic acids is 1. The maximum atomic E-state index is 12.4. The SMILES string of the molecule is CC(C)C[C@@H](NC(=O)CCc1nc(-c2ccco2)no1)c1cccnc1. The summed E-state index contributed by atoms with van der Waals surface area (Å²) in [7, 11) is 0. The van der Waals surface area contributed by atoms with E-state index < -0.39 is 0 Å². The second-order valence-corrected chi connectivity index (χ2v) is 6.53. The van der Waals surface area contributed by atoms with Gasteiger partial charge in [-0.3, -0.25) is 9.78 Å². The Balaban J connectivity index is 1.57. The van der Waals surface area contributed by atoms with E-state index in [0.29, 0.717) is 29.8 Å². The lowest BCUT2D eigenvalue weighted by Crippen LogP contribution is -2.29. The highest BCUT2D eigenvalue weighted by atomic mass is 16.5. The number of rotatable bonds is 8. The molecule has 0 radical (unpaired) electrons. The van der Waals surface area contributed by atoms with Crippen molar-refractivity contribution in [2.45, 2.75) is 39.2 Å². The highest BCUT2D eigenvalue weighted by Gasteiger charge is 2.17. The number of hydrogen-bond acceptors (Lipinski definition) is 6. The van der Waals surface area contributed by atoms with Crippen LogP contribution in [0.2, 0.25) is 0 Å². The molecule has 0 spiro atoms. The van der Waals surface area contributed by atoms with Crippen molar-refractivity contribution < 1.29 is 13.7 Å². The van der Waals surface area contributed by atoms with Crippen molar-refractivity contribution >= 4 is 5.91 Å². The van der Waals surface area contributed by atoms with Crippen molar-refractivity contribution in [3.63, 3.8) is 0 Å². The Morgan fingerprint density at radius 2 is 2.15 bits per heavy atom. The highest BCUT2D eigenvalue weighted by molar-refractivity contribution is 5.76. The zero-order chi connectivity index (χ0) is 18.4. The highest BCUT2D eigenvalue weighted by Crippen LogP contribution is 2.21. The lowest BCUT2D eigenvalue weighted by atomic mass is 9.98. The number of nitrogens with zero attached hydrogens (tertiary/aromatic N) is 3. The first-order chi connectivity index (χ1) is 12.6. The van der Waals surface area contributed by atoms with Crippen molar-refractivity contribution in [1.29, 1.82) is 0 Å². The fraction of sp³-hybridized carbons (Fsp3) is 0.368. The quantitative estimate of drug-likeness (QED) is 0.665. The molecule has 0 aliphatic heterocycles. The average Bonchev–Trinajstić information content (AvgIpc) is 3.31. The van der Waals surface area contributed by atoms with Gasteiger partial charge in [0.2, 0.25) is 17.6 Å². The van der Waals surface area contributed by atoms with Crippen LogP contribution in [0, 0.1) is 5.92 Å². The number of amides is 1. The predicted octanol–water partition coefficient (Wildman–Crippen LogP) is 3.56. The third kappa shape index (κ3) is 4.78. The van der Waals surface area contributed by atoms with E-state index in [1.807, 2.05) is 12.1 Å². The molecule has 26 heavy (non-hydrogen) atoms. The zero-order valence-corrected chi connectivity index (χ0v) is 14.9. The third-order valence-corrected chi connectivity index (χ3v) is 3.90. The lowest BCUT2D eigenvalue weighted by molar-refractivity contribution is -0.122. The van der Waals surface area contributed by atoms with Crippen molar-refractivity contribution in [2.24, 2.45) is 5.92 Å². The van der Waals surface area contributed by atoms with E-state index >= 15 is 0 Å². The van der Waals surface area contributed by atoms with Gasteiger partial charge < -0.3 is 14.3 Å². The molecule has 1 amide bonds. The van der Waals surface area contributed by atoms with Gasteiger partial charge in [-0.05, 0) is 36.1 Å². The largest absolute Gasteiger partial charge is 0.461 e. The Morgan fingerprint density at radius 1 is 1.27 bits per heavy atom. The molecule has 0 aliphatic rings. The molecule has 3 rings (SSSR count). The summed E-state index contributed by atoms with van der Waals surface area (Å²) in [5.41, 5.74) is 1.01. The minimum Gasteiger partial charge on any atom is -0.461 e. The molecule has 3 aromatic heterocycles. The van der Waals surface area contributed by atoms with Gasteiger partial charge in [0.05, 0.1) is 12.3 Å². The fourth-order valence-electron chi connectivity index (χ4n) is 2.68. The van der Waals surface area contributed by atoms with Crippen LogP contribution in [0.3, 0.4) is 0 Å². The molecule has 0 fully saturated rings. The Bertz CT molecular complexity index is 812. The van der Waals surface area contributed by atoms with Crippen molar-refractivity contribution in [1.82, 2.24) is 20.4 Å². The number of aromatic nitrogens is 3. The van der Waals surface area contributed by atoms with E-state index in [0.717, 1.165) is 12.0 Å². The topological polar surface area (TPSA) is 94.1 Å². The number of pyridine rings is 1. The maximum Gasteiger partial charge on any atom is 0.238 e. The molecule has 0 bridgehead atoms. The number of nitrogens with one attached hydrogen (secondary N) is 1. The Hall–Kier alpha value is -2.96. The molecular formula is C19H22N4O3. The van der Waals surface area contributed by atoms with Crippen LogP contribution in [0.25, 0.3) is 11.6 Å². The van der Waals surface area contributed by atoms with Gasteiger partial charge >= 0.3 is 0 Å². The molecule has 7 nitrogen and oxygen atoms in total. The summed E-state index contributed by atoms with van der Waals surface area (Å²) in [6, 6.07) is 7.31. The summed E-state index contributed by atoms with van der Waals surface area (Å²) in [4.78, 5) is 20.8. The van der Waals surface area contributed by atoms with Gasteiger partial charge in [-0.2, -0.15) is 4.98 Å². The molecule has 0 saturated carbocycles. The van der Waals surface area contributed by atoms with Crippen LogP contribution < -0.4 is 5.32 Å². The second kappa shape index (κ2) is 8.42. The van der Waals surface area contributed by atoms with E-state index in [9.17, 15) is 4.79 Å². The molecule has 1 N–H and O–H groups in total. The van der Waals surface area contributed by atoms with Crippen LogP contribution in [0.5, 0.6) is 0 Å². The van der Waals surface area contributed by atoms with Gasteiger partial charge in [0.25, 0.3) is 0 Å². The fourth-order valence-corrected chi connectivity index (χ4v) is 2.68. The van der Waals surface area contributed by atoms with Crippen molar-refractivity contribution in [3.8, 4) is 11.6 Å². The Labute approximate surface area is 151 Å². The summed E-state index contributed by atoms with van der Waals surface area (Å²) in [5.74, 6) is 1.73. The minimum absolute atomic E-state index is 0.0578. The van der Waals surface area contributed by atoms with Gasteiger partial charge in [-0.25, -0.2) is 0 Å². The van der Waals surface area contributed by atoms with Gasteiger partial charge in [-0.15, -0.1) is 0 Å². The van der Waals surface area contributed by atoms with E-state index in [2.05, 4.69) is 34.3 Å². The number of carbonyl (C=O) groups is 1. The molecule has 0 unspecified atom stereocenters. The van der Waals surface area contributed by atoms with E-state index in [4.69, 9.17) is 8.94 Å². The van der Waals surface area contributed by atoms with Crippen LogP contribution in [-0.2, 0) is 11.2 Å². The summed E-state index contributed by atoms with van der Waals surface area (Å²) < 4.78 is 10.4. The minimum atomic E-state index is -0.0581. The van der Waals surface area contributed by atoms with Gasteiger partial charge in [0.15, 0.2) is 5.76 Å². The standard InChI is InChI=1S/C19H22N4O3/c1-13(2)11-15(14-5-3-9-20-12-14)21-17(24)7-8-18-22-19(23-26-18)16-6-4-10-25-16/h3-6,9-10,12-13,15H,7-8,11H2,1-2H3,(H,21,24)/t15-/m1/s1. The summed E-state index contributed by atoms with van der Waals surface area (Å²) in [6.45, 7) is 4.26. The van der Waals surface area contributed by atoms with Crippen LogP contribution in [0.4, 0.5) is 0 Å². The zero-order valence-electron chi connectivity index (χ0n) is 14.9. The van der Waals surface area contributed by atoms with Gasteiger partial charge in [0.1, 0.15) is 0 Å². The first-order valence-corrected chi connectivity index (χ1v) is 8.67. The number of aryl methyl sites for hydroxylation is 1. The first kappa shape index (κ1) is 17.8.